The van der Waals surface area contributed by atoms with Crippen molar-refractivity contribution in [3.05, 3.63) is 112 Å². The van der Waals surface area contributed by atoms with E-state index in [9.17, 15) is 9.59 Å². The van der Waals surface area contributed by atoms with Gasteiger partial charge < -0.3 is 9.88 Å². The Hall–Kier alpha value is -4.59. The normalized spacial score (nSPS) is 11.1. The van der Waals surface area contributed by atoms with Gasteiger partial charge in [-0.2, -0.15) is 5.10 Å². The van der Waals surface area contributed by atoms with Crippen LogP contribution in [0.1, 0.15) is 27.3 Å². The number of carbonyl (C=O) groups is 1. The maximum Gasteiger partial charge on any atom is 0.295 e. The van der Waals surface area contributed by atoms with Gasteiger partial charge in [-0.3, -0.25) is 14.3 Å². The number of nitrogens with zero attached hydrogens (tertiary/aromatic N) is 5. The first-order valence-corrected chi connectivity index (χ1v) is 11.3. The molecule has 3 heterocycles. The van der Waals surface area contributed by atoms with Crippen LogP contribution in [0.3, 0.4) is 0 Å². The van der Waals surface area contributed by atoms with E-state index in [0.29, 0.717) is 22.8 Å². The molecule has 35 heavy (non-hydrogen) atoms. The minimum absolute atomic E-state index is 0.238. The Morgan fingerprint density at radius 3 is 2.17 bits per heavy atom. The van der Waals surface area contributed by atoms with Gasteiger partial charge >= 0.3 is 0 Å². The van der Waals surface area contributed by atoms with Gasteiger partial charge in [0.15, 0.2) is 5.82 Å². The molecule has 0 saturated heterocycles. The number of hydrogen-bond donors (Lipinski definition) is 1. The Bertz CT molecular complexity index is 1570. The monoisotopic (exact) mass is 466 g/mol. The summed E-state index contributed by atoms with van der Waals surface area (Å²) in [6, 6.07) is 21.1. The summed E-state index contributed by atoms with van der Waals surface area (Å²) in [6.07, 6.45) is 3.74. The molecular formula is C27H26N6O2. The van der Waals surface area contributed by atoms with Crippen molar-refractivity contribution >= 4 is 11.6 Å². The largest absolute Gasteiger partial charge is 0.316 e. The molecule has 3 aromatic heterocycles. The zero-order valence-corrected chi connectivity index (χ0v) is 20.1. The highest BCUT2D eigenvalue weighted by Gasteiger charge is 2.26. The van der Waals surface area contributed by atoms with E-state index in [4.69, 9.17) is 5.10 Å². The van der Waals surface area contributed by atoms with Crippen LogP contribution in [0.15, 0.2) is 83.9 Å². The van der Waals surface area contributed by atoms with Crippen LogP contribution in [0.4, 0.5) is 5.69 Å². The van der Waals surface area contributed by atoms with Crippen LogP contribution in [-0.4, -0.2) is 29.6 Å². The van der Waals surface area contributed by atoms with E-state index in [1.54, 1.807) is 28.0 Å². The summed E-state index contributed by atoms with van der Waals surface area (Å²) in [7, 11) is 1.80. The molecule has 1 N–H and O–H groups in total. The van der Waals surface area contributed by atoms with E-state index in [2.05, 4.69) is 5.32 Å². The molecule has 5 aromatic rings. The smallest absolute Gasteiger partial charge is 0.295 e. The van der Waals surface area contributed by atoms with Crippen molar-refractivity contribution in [1.82, 2.24) is 23.7 Å². The first-order valence-electron chi connectivity index (χ1n) is 11.3. The van der Waals surface area contributed by atoms with Crippen molar-refractivity contribution in [3.8, 4) is 17.2 Å². The summed E-state index contributed by atoms with van der Waals surface area (Å²) in [5.74, 6) is 0.210. The molecular weight excluding hydrogens is 440 g/mol. The molecule has 0 aliphatic rings. The van der Waals surface area contributed by atoms with Gasteiger partial charge in [0, 0.05) is 19.4 Å². The molecule has 0 aliphatic heterocycles. The van der Waals surface area contributed by atoms with Crippen molar-refractivity contribution < 1.29 is 4.79 Å². The number of benzene rings is 2. The topological polar surface area (TPSA) is 78.8 Å². The first-order chi connectivity index (χ1) is 16.9. The quantitative estimate of drug-likeness (QED) is 0.419. The van der Waals surface area contributed by atoms with Crippen molar-refractivity contribution in [1.29, 1.82) is 0 Å². The molecule has 0 fully saturated rings. The lowest BCUT2D eigenvalue weighted by Crippen LogP contribution is -2.23. The zero-order chi connectivity index (χ0) is 24.7. The lowest BCUT2D eigenvalue weighted by atomic mass is 10.2. The fourth-order valence-corrected chi connectivity index (χ4v) is 4.25. The van der Waals surface area contributed by atoms with Gasteiger partial charge in [-0.1, -0.05) is 35.9 Å². The molecule has 0 bridgehead atoms. The second-order valence-corrected chi connectivity index (χ2v) is 8.51. The van der Waals surface area contributed by atoms with E-state index >= 15 is 0 Å². The van der Waals surface area contributed by atoms with Gasteiger partial charge in [-0.15, -0.1) is 0 Å². The second-order valence-electron chi connectivity index (χ2n) is 8.51. The van der Waals surface area contributed by atoms with Crippen molar-refractivity contribution in [2.24, 2.45) is 7.05 Å². The Kier molecular flexibility index (Phi) is 5.49. The average Bonchev–Trinajstić information content (AvgIpc) is 3.55. The molecule has 0 aliphatic carbocycles. The lowest BCUT2D eigenvalue weighted by molar-refractivity contribution is 0.102. The molecule has 0 atom stereocenters. The SMILES string of the molecule is Cc1ccc(-n2nc(C)c(C(=O)Nc3c(C)n(C)n(-c4ccccc4)c3=O)c2-n2cccc2)cc1. The van der Waals surface area contributed by atoms with Gasteiger partial charge in [0.2, 0.25) is 0 Å². The molecule has 176 valence electrons. The van der Waals surface area contributed by atoms with E-state index in [1.807, 2.05) is 97.5 Å². The highest BCUT2D eigenvalue weighted by atomic mass is 16.2. The van der Waals surface area contributed by atoms with Crippen molar-refractivity contribution in [2.45, 2.75) is 20.8 Å². The average molecular weight is 467 g/mol. The van der Waals surface area contributed by atoms with Gasteiger partial charge in [-0.25, -0.2) is 9.36 Å². The number of hydrogen-bond acceptors (Lipinski definition) is 3. The van der Waals surface area contributed by atoms with Crippen molar-refractivity contribution in [2.75, 3.05) is 5.32 Å². The number of amides is 1. The van der Waals surface area contributed by atoms with Gasteiger partial charge in [-0.05, 0) is 57.2 Å². The predicted molar refractivity (Wildman–Crippen MR) is 136 cm³/mol. The van der Waals surface area contributed by atoms with Crippen LogP contribution in [0, 0.1) is 20.8 Å². The second kappa shape index (κ2) is 8.64. The van der Waals surface area contributed by atoms with E-state index in [-0.39, 0.29) is 11.2 Å². The van der Waals surface area contributed by atoms with Crippen LogP contribution in [0.2, 0.25) is 0 Å². The third-order valence-electron chi connectivity index (χ3n) is 6.18. The number of aryl methyl sites for hydroxylation is 2. The Morgan fingerprint density at radius 1 is 0.857 bits per heavy atom. The first kappa shape index (κ1) is 22.2. The summed E-state index contributed by atoms with van der Waals surface area (Å²) in [4.78, 5) is 27.0. The fraction of sp³-hybridized carbons (Fsp3) is 0.148. The van der Waals surface area contributed by atoms with E-state index in [0.717, 1.165) is 16.9 Å². The lowest BCUT2D eigenvalue weighted by Gasteiger charge is -2.11. The van der Waals surface area contributed by atoms with Crippen LogP contribution >= 0.6 is 0 Å². The fourth-order valence-electron chi connectivity index (χ4n) is 4.25. The van der Waals surface area contributed by atoms with Gasteiger partial charge in [0.25, 0.3) is 11.5 Å². The maximum atomic E-state index is 13.7. The Morgan fingerprint density at radius 2 is 1.51 bits per heavy atom. The van der Waals surface area contributed by atoms with E-state index in [1.165, 1.54) is 0 Å². The maximum absolute atomic E-state index is 13.7. The summed E-state index contributed by atoms with van der Waals surface area (Å²) in [5, 5.41) is 7.57. The van der Waals surface area contributed by atoms with E-state index < -0.39 is 5.91 Å². The minimum atomic E-state index is -0.393. The van der Waals surface area contributed by atoms with Crippen LogP contribution in [0.25, 0.3) is 17.2 Å². The number of nitrogens with one attached hydrogen (secondary N) is 1. The predicted octanol–water partition coefficient (Wildman–Crippen LogP) is 4.33. The molecule has 0 saturated carbocycles. The number of anilines is 1. The molecule has 1 amide bonds. The molecule has 8 heteroatoms. The van der Waals surface area contributed by atoms with Gasteiger partial charge in [0.1, 0.15) is 11.3 Å². The molecule has 0 radical (unpaired) electrons. The zero-order valence-electron chi connectivity index (χ0n) is 20.1. The summed E-state index contributed by atoms with van der Waals surface area (Å²) >= 11 is 0. The summed E-state index contributed by atoms with van der Waals surface area (Å²) in [6.45, 7) is 5.63. The standard InChI is InChI=1S/C27H26N6O2/c1-18-12-14-21(15-13-18)32-26(31-16-8-9-17-31)23(19(2)29-32)25(34)28-24-20(3)30(4)33(27(24)35)22-10-6-5-7-11-22/h5-17H,1-4H3,(H,28,34). The number of para-hydroxylation sites is 1. The summed E-state index contributed by atoms with van der Waals surface area (Å²) in [5.41, 5.74) is 4.24. The number of aromatic nitrogens is 5. The summed E-state index contributed by atoms with van der Waals surface area (Å²) < 4.78 is 6.89. The highest BCUT2D eigenvalue weighted by molar-refractivity contribution is 6.07. The molecule has 0 unspecified atom stereocenters. The van der Waals surface area contributed by atoms with Gasteiger partial charge in [0.05, 0.1) is 22.8 Å². The number of carbonyl (C=O) groups excluding carboxylic acids is 1. The molecule has 8 nitrogen and oxygen atoms in total. The Balaban J connectivity index is 1.61. The number of rotatable bonds is 5. The third kappa shape index (κ3) is 3.78. The third-order valence-corrected chi connectivity index (χ3v) is 6.18. The molecule has 5 rings (SSSR count). The highest BCUT2D eigenvalue weighted by Crippen LogP contribution is 2.25. The van der Waals surface area contributed by atoms with Crippen molar-refractivity contribution in [3.63, 3.8) is 0 Å². The Labute approximate surface area is 202 Å². The van der Waals surface area contributed by atoms with Crippen LogP contribution in [-0.2, 0) is 7.05 Å². The van der Waals surface area contributed by atoms with Crippen LogP contribution in [0.5, 0.6) is 0 Å². The van der Waals surface area contributed by atoms with Crippen LogP contribution < -0.4 is 10.9 Å². The molecule has 2 aromatic carbocycles. The minimum Gasteiger partial charge on any atom is -0.316 e. The molecule has 0 spiro atoms.